The molecule has 4 saturated carbocycles. The summed E-state index contributed by atoms with van der Waals surface area (Å²) in [5, 5.41) is 120. The van der Waals surface area contributed by atoms with Crippen LogP contribution < -0.4 is 67.8 Å². The number of aromatic hydroxyl groups is 3. The van der Waals surface area contributed by atoms with E-state index in [0.717, 1.165) is 92.8 Å². The quantitative estimate of drug-likeness (QED) is 0.0546. The van der Waals surface area contributed by atoms with Gasteiger partial charge in [0, 0.05) is 36.3 Å². The molecule has 6 aromatic carbocycles. The summed E-state index contributed by atoms with van der Waals surface area (Å²) in [5.74, 6) is -12.5. The monoisotopic (exact) mass is 1580 g/mol. The Morgan fingerprint density at radius 3 is 1.85 bits per heavy atom. The molecule has 6 aliphatic heterocycles. The highest BCUT2D eigenvalue weighted by molar-refractivity contribution is 6.32. The minimum absolute atomic E-state index is 0.0763. The lowest BCUT2D eigenvalue weighted by Gasteiger charge is -2.54. The largest absolute Gasteiger partial charge is 0.508 e. The molecule has 1 saturated heterocycles. The second kappa shape index (κ2) is 33.8. The average molecular weight is 1580 g/mol. The van der Waals surface area contributed by atoms with Crippen molar-refractivity contribution in [2.45, 2.75) is 183 Å². The number of carbonyl (C=O) groups excluding carboxylic acids is 8. The number of halogens is 2. The van der Waals surface area contributed by atoms with Crippen LogP contribution in [0.4, 0.5) is 0 Å². The molecule has 15 bridgehead atoms. The van der Waals surface area contributed by atoms with E-state index in [1.54, 1.807) is 0 Å². The lowest BCUT2D eigenvalue weighted by molar-refractivity contribution is -0.271. The Balaban J connectivity index is 0.975. The molecule has 10 aliphatic rings. The molecule has 596 valence electrons. The molecule has 6 heterocycles. The SMILES string of the molecule is CCCCc1ccc(CNC[C@@H]2O[C@H](Oc3c4cc5cc3Oc3ccc(cc3Cl)[C@@H](O)[C@@H](NC(=O)[C@@H](CC(C)C)NC)C(=O)N[C@@H](CC(N)=O)C(=O)N[C@H]5C(=O)N[C@H]3C(=O)N[C@H](C(=O)N[C@H](C(=O)NC5C6CC7CC(C6)CC5C7)c5cc(O)cc(O)c5-c5cc3ccc5O)[C@H](O)c3ccc(c(Cl)c3)O4)[C@@H](O)[C@H](O)[C@H]2O)cc1. The number of amides is 8. The van der Waals surface area contributed by atoms with Crippen LogP contribution in [0.3, 0.4) is 0 Å². The number of nitrogens with two attached hydrogens (primary N) is 1. The summed E-state index contributed by atoms with van der Waals surface area (Å²) in [5.41, 5.74) is 5.95. The van der Waals surface area contributed by atoms with E-state index in [1.165, 1.54) is 55.6 Å². The molecule has 5 fully saturated rings. The highest BCUT2D eigenvalue weighted by Gasteiger charge is 2.51. The van der Waals surface area contributed by atoms with Crippen LogP contribution in [0, 0.1) is 29.6 Å². The van der Waals surface area contributed by atoms with Crippen molar-refractivity contribution in [1.82, 2.24) is 47.9 Å². The van der Waals surface area contributed by atoms with Crippen LogP contribution >= 0.6 is 23.2 Å². The fourth-order valence-electron chi connectivity index (χ4n) is 16.7. The number of ether oxygens (including phenoxy) is 4. The number of carbonyl (C=O) groups is 8. The first-order valence-corrected chi connectivity index (χ1v) is 38.4. The Hall–Kier alpha value is -9.86. The van der Waals surface area contributed by atoms with Crippen LogP contribution in [0.15, 0.2) is 103 Å². The topological polar surface area (TPSA) is 470 Å². The number of aryl methyl sites for hydroxylation is 1. The van der Waals surface area contributed by atoms with Gasteiger partial charge in [-0.05, 0) is 182 Å². The van der Waals surface area contributed by atoms with Crippen molar-refractivity contribution in [3.8, 4) is 57.1 Å². The standard InChI is InChI=1S/C80H92Cl2N10O20/c1-5-6-7-35-8-10-36(11-9-35)32-85-33-58-69(99)70(100)71(101)80(111-58)112-72-56-27-44-28-57(72)110-55-17-14-41(26-49(55)82)68(98)66-79(108)90-64(77(106)87-61-42-20-37-19-38(22-42)23-43(61)21-37)47-29-45(93)30-53(95)60(47)46-24-39(12-15-52(46)94)62(75(104)92-66)89-76(105)63(44)88-74(103)51(31-59(83)96)86-78(107)65(91-73(102)50(84-4)18-34(2)3)67(97)40-13-16-54(109-56)48(81)25-40/h8-17,24-30,34,37-38,42-43,50-51,58,61-71,80,84-85,93-95,97-101H,5-7,18-23,31-33H2,1-4H3,(H2,83,96)(H,86,107)(H,87,106)(H,88,103)(H,89,105)(H,90,108)(H,91,102)(H,92,104)/t37?,38?,42?,43?,50-,51+,58+,61?,62-,63-,64+,65-,66+,67-,68-,69+,70-,71+,80-/m1/s1. The molecule has 0 radical (unpaired) electrons. The highest BCUT2D eigenvalue weighted by atomic mass is 35.5. The van der Waals surface area contributed by atoms with E-state index >= 15 is 24.0 Å². The summed E-state index contributed by atoms with van der Waals surface area (Å²) < 4.78 is 26.3. The predicted molar refractivity (Wildman–Crippen MR) is 404 cm³/mol. The van der Waals surface area contributed by atoms with Crippen LogP contribution in [0.2, 0.25) is 10.0 Å². The third kappa shape index (κ3) is 17.2. The first kappa shape index (κ1) is 80.2. The number of likely N-dealkylation sites (N-methyl/N-ethyl adjacent to an activating group) is 1. The van der Waals surface area contributed by atoms with Gasteiger partial charge in [-0.3, -0.25) is 38.4 Å². The second-order valence-corrected chi connectivity index (χ2v) is 31.5. The molecule has 30 nitrogen and oxygen atoms in total. The summed E-state index contributed by atoms with van der Waals surface area (Å²) in [6, 6.07) is 9.00. The Kier molecular flexibility index (Phi) is 24.2. The van der Waals surface area contributed by atoms with Crippen LogP contribution in [0.1, 0.15) is 148 Å². The van der Waals surface area contributed by atoms with E-state index in [0.29, 0.717) is 11.8 Å². The average Bonchev–Trinajstić information content (AvgIpc) is 0.754. The molecule has 6 aromatic rings. The van der Waals surface area contributed by atoms with Gasteiger partial charge in [0.15, 0.2) is 11.5 Å². The Labute approximate surface area is 654 Å². The number of phenolic OH excluding ortho intramolecular Hbond substituents is 3. The summed E-state index contributed by atoms with van der Waals surface area (Å²) in [6.07, 6.45) is -6.64. The van der Waals surface area contributed by atoms with E-state index in [-0.39, 0.29) is 98.2 Å². The Morgan fingerprint density at radius 1 is 0.625 bits per heavy atom. The summed E-state index contributed by atoms with van der Waals surface area (Å²) in [7, 11) is 1.50. The van der Waals surface area contributed by atoms with Crippen LogP contribution in [-0.4, -0.2) is 163 Å². The van der Waals surface area contributed by atoms with Gasteiger partial charge in [0.1, 0.15) is 102 Å². The van der Waals surface area contributed by atoms with Gasteiger partial charge >= 0.3 is 0 Å². The van der Waals surface area contributed by atoms with Crippen molar-refractivity contribution in [3.63, 3.8) is 0 Å². The molecule has 0 aromatic heterocycles. The highest BCUT2D eigenvalue weighted by Crippen LogP contribution is 2.55. The number of aliphatic hydroxyl groups is 5. The fourth-order valence-corrected chi connectivity index (χ4v) is 17.2. The molecule has 0 spiro atoms. The van der Waals surface area contributed by atoms with Crippen molar-refractivity contribution in [3.05, 3.63) is 152 Å². The number of hydrogen-bond donors (Lipinski definition) is 18. The molecule has 0 unspecified atom stereocenters. The molecular weight excluding hydrogens is 1490 g/mol. The third-order valence-corrected chi connectivity index (χ3v) is 22.9. The lowest BCUT2D eigenvalue weighted by atomic mass is 9.54. The van der Waals surface area contributed by atoms with Crippen molar-refractivity contribution in [1.29, 1.82) is 0 Å². The van der Waals surface area contributed by atoms with Crippen molar-refractivity contribution >= 4 is 70.5 Å². The zero-order valence-electron chi connectivity index (χ0n) is 61.7. The van der Waals surface area contributed by atoms with E-state index < -0.39 is 179 Å². The number of nitrogens with one attached hydrogen (secondary N) is 9. The Bertz CT molecular complexity index is 4580. The maximum absolute atomic E-state index is 16.2. The smallest absolute Gasteiger partial charge is 0.248 e. The summed E-state index contributed by atoms with van der Waals surface area (Å²) in [4.78, 5) is 121. The van der Waals surface area contributed by atoms with E-state index in [9.17, 15) is 55.2 Å². The molecule has 16 rings (SSSR count). The van der Waals surface area contributed by atoms with Crippen LogP contribution in [0.25, 0.3) is 11.1 Å². The second-order valence-electron chi connectivity index (χ2n) is 30.7. The van der Waals surface area contributed by atoms with Crippen LogP contribution in [0.5, 0.6) is 46.0 Å². The molecule has 19 N–H and O–H groups in total. The first-order chi connectivity index (χ1) is 53.5. The van der Waals surface area contributed by atoms with Gasteiger partial charge in [0.25, 0.3) is 0 Å². The number of aliphatic hydroxyl groups excluding tert-OH is 5. The van der Waals surface area contributed by atoms with E-state index in [4.69, 9.17) is 47.9 Å². The third-order valence-electron chi connectivity index (χ3n) is 22.3. The zero-order valence-corrected chi connectivity index (χ0v) is 63.2. The molecule has 8 amide bonds. The van der Waals surface area contributed by atoms with Crippen molar-refractivity contribution in [2.75, 3.05) is 13.6 Å². The molecule has 112 heavy (non-hydrogen) atoms. The van der Waals surface area contributed by atoms with Gasteiger partial charge in [-0.1, -0.05) is 92.9 Å². The fraction of sp³-hybridized carbons (Fsp3) is 0.450. The number of rotatable bonds is 18. The number of fused-ring (bicyclic) bond motifs is 15. The van der Waals surface area contributed by atoms with E-state index in [1.807, 2.05) is 38.1 Å². The minimum Gasteiger partial charge on any atom is -0.508 e. The van der Waals surface area contributed by atoms with Crippen molar-refractivity contribution < 1.29 is 98.2 Å². The van der Waals surface area contributed by atoms with Gasteiger partial charge in [-0.25, -0.2) is 0 Å². The van der Waals surface area contributed by atoms with Crippen LogP contribution in [-0.2, 0) is 56.1 Å². The first-order valence-electron chi connectivity index (χ1n) is 37.6. The molecular formula is C80H92Cl2N10O20. The maximum atomic E-state index is 16.2. The Morgan fingerprint density at radius 2 is 1.23 bits per heavy atom. The summed E-state index contributed by atoms with van der Waals surface area (Å²) >= 11 is 14.3. The predicted octanol–water partition coefficient (Wildman–Crippen LogP) is 4.87. The van der Waals surface area contributed by atoms with Gasteiger partial charge < -0.3 is 113 Å². The van der Waals surface area contributed by atoms with E-state index in [2.05, 4.69) is 54.8 Å². The lowest BCUT2D eigenvalue weighted by Crippen LogP contribution is -2.61. The number of unbranched alkanes of at least 4 members (excludes halogenated alkanes) is 1. The van der Waals surface area contributed by atoms with Gasteiger partial charge in [0.05, 0.1) is 22.5 Å². The molecule has 14 atom stereocenters. The van der Waals surface area contributed by atoms with Gasteiger partial charge in [-0.15, -0.1) is 0 Å². The van der Waals surface area contributed by atoms with Gasteiger partial charge in [0.2, 0.25) is 59.3 Å². The molecule has 32 heteroatoms. The summed E-state index contributed by atoms with van der Waals surface area (Å²) in [6.45, 7) is 5.91. The minimum atomic E-state index is -2.28. The number of hydrogen-bond acceptors (Lipinski definition) is 22. The number of primary amides is 1. The normalized spacial score (nSPS) is 28.4. The number of benzene rings is 6. The molecule has 4 aliphatic carbocycles. The number of phenols is 3. The van der Waals surface area contributed by atoms with Crippen molar-refractivity contribution in [2.24, 2.45) is 35.3 Å². The van der Waals surface area contributed by atoms with Gasteiger partial charge in [-0.2, -0.15) is 0 Å². The maximum Gasteiger partial charge on any atom is 0.248 e. The zero-order chi connectivity index (χ0) is 79.8.